The maximum atomic E-state index is 11.5. The number of likely N-dealkylation sites (tertiary alicyclic amines) is 1. The lowest BCUT2D eigenvalue weighted by Gasteiger charge is -2.10. The van der Waals surface area contributed by atoms with E-state index >= 15 is 0 Å². The second-order valence-electron chi connectivity index (χ2n) is 3.69. The molecule has 1 rings (SSSR count). The van der Waals surface area contributed by atoms with Crippen LogP contribution in [0.5, 0.6) is 0 Å². The van der Waals surface area contributed by atoms with Crippen molar-refractivity contribution >= 4 is 11.8 Å². The summed E-state index contributed by atoms with van der Waals surface area (Å²) in [6.45, 7) is 1.53. The van der Waals surface area contributed by atoms with Crippen molar-refractivity contribution in [2.24, 2.45) is 0 Å². The zero-order chi connectivity index (χ0) is 12.0. The van der Waals surface area contributed by atoms with Crippen LogP contribution in [0, 0.1) is 0 Å². The topological polar surface area (TPSA) is 78.9 Å². The highest BCUT2D eigenvalue weighted by molar-refractivity contribution is 6.05. The molecule has 0 aromatic heterocycles. The Hall–Kier alpha value is -0.980. The fraction of sp³-hybridized carbons (Fsp3) is 0.800. The van der Waals surface area contributed by atoms with Crippen molar-refractivity contribution in [2.75, 3.05) is 33.4 Å². The van der Waals surface area contributed by atoms with E-state index in [9.17, 15) is 9.59 Å². The minimum atomic E-state index is -0.379. The highest BCUT2D eigenvalue weighted by atomic mass is 16.5. The van der Waals surface area contributed by atoms with Crippen LogP contribution in [-0.4, -0.2) is 61.3 Å². The second kappa shape index (κ2) is 6.57. The van der Waals surface area contributed by atoms with E-state index in [4.69, 9.17) is 9.84 Å². The smallest absolute Gasteiger partial charge is 0.246 e. The number of imide groups is 1. The molecule has 0 aromatic rings. The van der Waals surface area contributed by atoms with Crippen molar-refractivity contribution in [2.45, 2.75) is 18.9 Å². The van der Waals surface area contributed by atoms with E-state index in [1.54, 1.807) is 0 Å². The van der Waals surface area contributed by atoms with E-state index in [1.165, 1.54) is 7.05 Å². The average molecular weight is 230 g/mol. The van der Waals surface area contributed by atoms with Crippen LogP contribution >= 0.6 is 0 Å². The number of nitrogens with zero attached hydrogens (tertiary/aromatic N) is 1. The molecule has 1 saturated heterocycles. The van der Waals surface area contributed by atoms with Crippen molar-refractivity contribution < 1.29 is 19.4 Å². The van der Waals surface area contributed by atoms with Crippen LogP contribution in [0.15, 0.2) is 0 Å². The summed E-state index contributed by atoms with van der Waals surface area (Å²) < 4.78 is 5.06. The Kier molecular flexibility index (Phi) is 5.37. The molecule has 1 atom stereocenters. The summed E-state index contributed by atoms with van der Waals surface area (Å²) in [5.41, 5.74) is 0. The molecule has 1 unspecified atom stereocenters. The van der Waals surface area contributed by atoms with Gasteiger partial charge in [0.15, 0.2) is 0 Å². The molecular formula is C10H18N2O4. The Labute approximate surface area is 94.6 Å². The Bertz CT molecular complexity index is 257. The third kappa shape index (κ3) is 3.55. The first-order valence-electron chi connectivity index (χ1n) is 5.39. The van der Waals surface area contributed by atoms with Crippen molar-refractivity contribution in [1.29, 1.82) is 0 Å². The number of hydrogen-bond acceptors (Lipinski definition) is 5. The van der Waals surface area contributed by atoms with Crippen molar-refractivity contribution in [1.82, 2.24) is 10.2 Å². The SMILES string of the molecule is CN1C(=O)CC(NCCCOCCO)C1=O. The summed E-state index contributed by atoms with van der Waals surface area (Å²) in [6, 6.07) is -0.379. The number of nitrogens with one attached hydrogen (secondary N) is 1. The second-order valence-corrected chi connectivity index (χ2v) is 3.69. The quantitative estimate of drug-likeness (QED) is 0.421. The summed E-state index contributed by atoms with van der Waals surface area (Å²) in [7, 11) is 1.50. The lowest BCUT2D eigenvalue weighted by atomic mass is 10.2. The molecule has 0 saturated carbocycles. The molecule has 2 amide bonds. The Morgan fingerprint density at radius 2 is 2.25 bits per heavy atom. The summed E-state index contributed by atoms with van der Waals surface area (Å²) in [5.74, 6) is -0.305. The van der Waals surface area contributed by atoms with E-state index < -0.39 is 0 Å². The largest absolute Gasteiger partial charge is 0.394 e. The lowest BCUT2D eigenvalue weighted by Crippen LogP contribution is -2.37. The van der Waals surface area contributed by atoms with Gasteiger partial charge in [-0.15, -0.1) is 0 Å². The first kappa shape index (κ1) is 13.1. The van der Waals surface area contributed by atoms with Gasteiger partial charge in [-0.05, 0) is 13.0 Å². The molecule has 0 aromatic carbocycles. The third-order valence-electron chi connectivity index (χ3n) is 2.47. The predicted octanol–water partition coefficient (Wildman–Crippen LogP) is -1.27. The van der Waals surface area contributed by atoms with Crippen molar-refractivity contribution in [3.05, 3.63) is 0 Å². The normalized spacial score (nSPS) is 20.9. The molecule has 0 aliphatic carbocycles. The maximum absolute atomic E-state index is 11.5. The van der Waals surface area contributed by atoms with Crippen LogP contribution in [0.2, 0.25) is 0 Å². The zero-order valence-electron chi connectivity index (χ0n) is 9.44. The Balaban J connectivity index is 2.10. The first-order chi connectivity index (χ1) is 7.66. The number of ether oxygens (including phenoxy) is 1. The highest BCUT2D eigenvalue weighted by Crippen LogP contribution is 2.09. The van der Waals surface area contributed by atoms with Gasteiger partial charge in [-0.3, -0.25) is 14.5 Å². The first-order valence-corrected chi connectivity index (χ1v) is 5.39. The molecule has 0 spiro atoms. The summed E-state index contributed by atoms with van der Waals surface area (Å²) in [5, 5.41) is 11.5. The number of aliphatic hydroxyl groups is 1. The average Bonchev–Trinajstić information content (AvgIpc) is 2.51. The number of carbonyl (C=O) groups excluding carboxylic acids is 2. The molecule has 6 heteroatoms. The number of likely N-dealkylation sites (N-methyl/N-ethyl adjacent to an activating group) is 1. The zero-order valence-corrected chi connectivity index (χ0v) is 9.44. The third-order valence-corrected chi connectivity index (χ3v) is 2.47. The molecule has 0 bridgehead atoms. The van der Waals surface area contributed by atoms with Gasteiger partial charge < -0.3 is 15.2 Å². The summed E-state index contributed by atoms with van der Waals surface area (Å²) in [6.07, 6.45) is 0.995. The van der Waals surface area contributed by atoms with Crippen molar-refractivity contribution in [3.63, 3.8) is 0 Å². The monoisotopic (exact) mass is 230 g/mol. The lowest BCUT2D eigenvalue weighted by molar-refractivity contribution is -0.137. The van der Waals surface area contributed by atoms with Crippen LogP contribution in [0.4, 0.5) is 0 Å². The van der Waals surface area contributed by atoms with Gasteiger partial charge >= 0.3 is 0 Å². The molecule has 92 valence electrons. The summed E-state index contributed by atoms with van der Waals surface area (Å²) >= 11 is 0. The van der Waals surface area contributed by atoms with Gasteiger partial charge in [0.2, 0.25) is 11.8 Å². The van der Waals surface area contributed by atoms with Gasteiger partial charge in [-0.25, -0.2) is 0 Å². The van der Waals surface area contributed by atoms with Gasteiger partial charge in [-0.2, -0.15) is 0 Å². The van der Waals surface area contributed by atoms with E-state index in [1.807, 2.05) is 0 Å². The molecule has 1 aliphatic rings. The maximum Gasteiger partial charge on any atom is 0.246 e. The Morgan fingerprint density at radius 1 is 1.50 bits per heavy atom. The van der Waals surface area contributed by atoms with Crippen molar-refractivity contribution in [3.8, 4) is 0 Å². The fourth-order valence-corrected chi connectivity index (χ4v) is 1.53. The van der Waals surface area contributed by atoms with Gasteiger partial charge in [-0.1, -0.05) is 0 Å². The summed E-state index contributed by atoms with van der Waals surface area (Å²) in [4.78, 5) is 23.8. The van der Waals surface area contributed by atoms with Crippen LogP contribution < -0.4 is 5.32 Å². The van der Waals surface area contributed by atoms with Gasteiger partial charge in [0.05, 0.1) is 25.7 Å². The van der Waals surface area contributed by atoms with Gasteiger partial charge in [0.1, 0.15) is 0 Å². The highest BCUT2D eigenvalue weighted by Gasteiger charge is 2.35. The molecule has 1 fully saturated rings. The minimum absolute atomic E-state index is 0.0217. The van der Waals surface area contributed by atoms with E-state index in [2.05, 4.69) is 5.32 Å². The molecule has 1 heterocycles. The van der Waals surface area contributed by atoms with E-state index in [0.717, 1.165) is 11.3 Å². The standard InChI is InChI=1S/C10H18N2O4/c1-12-9(14)7-8(10(12)15)11-3-2-5-16-6-4-13/h8,11,13H,2-7H2,1H3. The van der Waals surface area contributed by atoms with E-state index in [0.29, 0.717) is 19.8 Å². The van der Waals surface area contributed by atoms with Crippen LogP contribution in [0.3, 0.4) is 0 Å². The number of rotatable bonds is 7. The fourth-order valence-electron chi connectivity index (χ4n) is 1.53. The molecule has 0 radical (unpaired) electrons. The van der Waals surface area contributed by atoms with Gasteiger partial charge in [0, 0.05) is 13.7 Å². The van der Waals surface area contributed by atoms with Crippen LogP contribution in [0.25, 0.3) is 0 Å². The molecule has 6 nitrogen and oxygen atoms in total. The van der Waals surface area contributed by atoms with Gasteiger partial charge in [0.25, 0.3) is 0 Å². The van der Waals surface area contributed by atoms with Crippen LogP contribution in [0.1, 0.15) is 12.8 Å². The molecule has 16 heavy (non-hydrogen) atoms. The number of carbonyl (C=O) groups is 2. The predicted molar refractivity (Wildman–Crippen MR) is 56.7 cm³/mol. The molecule has 1 aliphatic heterocycles. The number of amides is 2. The van der Waals surface area contributed by atoms with Crippen LogP contribution in [-0.2, 0) is 14.3 Å². The van der Waals surface area contributed by atoms with E-state index in [-0.39, 0.29) is 30.9 Å². The Morgan fingerprint density at radius 3 is 2.81 bits per heavy atom. The number of hydrogen-bond donors (Lipinski definition) is 2. The molecular weight excluding hydrogens is 212 g/mol. The minimum Gasteiger partial charge on any atom is -0.394 e. The number of aliphatic hydroxyl groups excluding tert-OH is 1. The molecule has 2 N–H and O–H groups in total.